The van der Waals surface area contributed by atoms with Gasteiger partial charge in [0.05, 0.1) is 13.2 Å². The standard InChI is InChI=1S/C5H7NO2.H2O/c1-2-5(7)6-3-4-8-6;/h2H,1,3-4H2;1H2. The van der Waals surface area contributed by atoms with Crippen molar-refractivity contribution in [3.05, 3.63) is 12.7 Å². The molecule has 0 radical (unpaired) electrons. The molecule has 0 bridgehead atoms. The predicted octanol–water partition coefficient (Wildman–Crippen LogP) is -0.879. The maximum atomic E-state index is 10.5. The van der Waals surface area contributed by atoms with Gasteiger partial charge in [0.1, 0.15) is 0 Å². The lowest BCUT2D eigenvalue weighted by molar-refractivity contribution is -0.234. The highest BCUT2D eigenvalue weighted by atomic mass is 16.7. The third kappa shape index (κ3) is 1.51. The molecule has 1 fully saturated rings. The van der Waals surface area contributed by atoms with Crippen molar-refractivity contribution < 1.29 is 15.1 Å². The second kappa shape index (κ2) is 3.21. The van der Waals surface area contributed by atoms with Gasteiger partial charge in [0.15, 0.2) is 0 Å². The van der Waals surface area contributed by atoms with E-state index in [1.54, 1.807) is 0 Å². The molecule has 1 rings (SSSR count). The Kier molecular flexibility index (Phi) is 2.90. The third-order valence-electron chi connectivity index (χ3n) is 0.962. The van der Waals surface area contributed by atoms with Crippen molar-refractivity contribution >= 4 is 5.91 Å². The number of carbonyl (C=O) groups is 1. The van der Waals surface area contributed by atoms with Crippen molar-refractivity contribution in [2.24, 2.45) is 0 Å². The Bertz CT molecular complexity index is 119. The topological polar surface area (TPSA) is 61.0 Å². The maximum absolute atomic E-state index is 10.5. The molecule has 4 nitrogen and oxygen atoms in total. The number of hydroxylamine groups is 2. The fraction of sp³-hybridized carbons (Fsp3) is 0.400. The van der Waals surface area contributed by atoms with E-state index < -0.39 is 0 Å². The first-order chi connectivity index (χ1) is 3.84. The number of carbonyl (C=O) groups excluding carboxylic acids is 1. The molecule has 1 aliphatic rings. The smallest absolute Gasteiger partial charge is 0.269 e. The van der Waals surface area contributed by atoms with Gasteiger partial charge in [-0.3, -0.25) is 9.63 Å². The van der Waals surface area contributed by atoms with Gasteiger partial charge in [0.25, 0.3) is 5.91 Å². The summed E-state index contributed by atoms with van der Waals surface area (Å²) in [5, 5.41) is 1.27. The fourth-order valence-corrected chi connectivity index (χ4v) is 0.458. The minimum Gasteiger partial charge on any atom is -0.412 e. The second-order valence-corrected chi connectivity index (χ2v) is 1.48. The number of hydrogen-bond donors (Lipinski definition) is 0. The van der Waals surface area contributed by atoms with Crippen molar-refractivity contribution in [1.29, 1.82) is 0 Å². The SMILES string of the molecule is C=CC(=O)N1CCO1.O. The molecule has 1 heterocycles. The lowest BCUT2D eigenvalue weighted by Crippen LogP contribution is -2.42. The van der Waals surface area contributed by atoms with Crippen LogP contribution < -0.4 is 0 Å². The van der Waals surface area contributed by atoms with Crippen LogP contribution >= 0.6 is 0 Å². The minimum atomic E-state index is -0.156. The molecule has 0 atom stereocenters. The van der Waals surface area contributed by atoms with Crippen molar-refractivity contribution in [3.63, 3.8) is 0 Å². The molecule has 0 aromatic rings. The Hall–Kier alpha value is -0.870. The molecule has 1 saturated heterocycles. The molecule has 0 aromatic heterocycles. The third-order valence-corrected chi connectivity index (χ3v) is 0.962. The van der Waals surface area contributed by atoms with Crippen LogP contribution in [-0.2, 0) is 9.63 Å². The normalized spacial score (nSPS) is 15.3. The van der Waals surface area contributed by atoms with Gasteiger partial charge in [-0.25, -0.2) is 5.06 Å². The van der Waals surface area contributed by atoms with Crippen LogP contribution in [0.5, 0.6) is 0 Å². The molecule has 0 saturated carbocycles. The Labute approximate surface area is 53.0 Å². The van der Waals surface area contributed by atoms with Crippen molar-refractivity contribution in [2.75, 3.05) is 13.2 Å². The molecular weight excluding hydrogens is 122 g/mol. The predicted molar refractivity (Wildman–Crippen MR) is 31.5 cm³/mol. The highest BCUT2D eigenvalue weighted by molar-refractivity contribution is 5.86. The Morgan fingerprint density at radius 1 is 1.78 bits per heavy atom. The van der Waals surface area contributed by atoms with Crippen LogP contribution in [-0.4, -0.2) is 29.6 Å². The summed E-state index contributed by atoms with van der Waals surface area (Å²) in [4.78, 5) is 15.2. The van der Waals surface area contributed by atoms with E-state index in [0.717, 1.165) is 0 Å². The maximum Gasteiger partial charge on any atom is 0.269 e. The zero-order chi connectivity index (χ0) is 5.98. The van der Waals surface area contributed by atoms with Crippen LogP contribution in [0.3, 0.4) is 0 Å². The number of hydrogen-bond acceptors (Lipinski definition) is 2. The Morgan fingerprint density at radius 2 is 2.33 bits per heavy atom. The summed E-state index contributed by atoms with van der Waals surface area (Å²) in [5.74, 6) is -0.156. The van der Waals surface area contributed by atoms with Crippen LogP contribution in [0.2, 0.25) is 0 Å². The summed E-state index contributed by atoms with van der Waals surface area (Å²) in [6.45, 7) is 4.64. The van der Waals surface area contributed by atoms with Gasteiger partial charge in [0.2, 0.25) is 0 Å². The molecule has 52 valence electrons. The summed E-state index contributed by atoms with van der Waals surface area (Å²) >= 11 is 0. The molecule has 0 unspecified atom stereocenters. The van der Waals surface area contributed by atoms with E-state index in [-0.39, 0.29) is 11.4 Å². The van der Waals surface area contributed by atoms with Gasteiger partial charge in [-0.1, -0.05) is 6.58 Å². The van der Waals surface area contributed by atoms with Crippen molar-refractivity contribution in [2.45, 2.75) is 0 Å². The molecule has 0 aromatic carbocycles. The van der Waals surface area contributed by atoms with Crippen LogP contribution in [0.25, 0.3) is 0 Å². The largest absolute Gasteiger partial charge is 0.412 e. The van der Waals surface area contributed by atoms with Gasteiger partial charge >= 0.3 is 0 Å². The molecule has 2 N–H and O–H groups in total. The Morgan fingerprint density at radius 3 is 2.44 bits per heavy atom. The van der Waals surface area contributed by atoms with Crippen LogP contribution in [0.15, 0.2) is 12.7 Å². The van der Waals surface area contributed by atoms with E-state index in [4.69, 9.17) is 4.84 Å². The molecule has 1 amide bonds. The summed E-state index contributed by atoms with van der Waals surface area (Å²) < 4.78 is 0. The average molecular weight is 131 g/mol. The lowest BCUT2D eigenvalue weighted by atomic mass is 10.5. The zero-order valence-electron chi connectivity index (χ0n) is 4.96. The van der Waals surface area contributed by atoms with Crippen LogP contribution in [0, 0.1) is 0 Å². The Balaban J connectivity index is 0.000000640. The van der Waals surface area contributed by atoms with Crippen LogP contribution in [0.4, 0.5) is 0 Å². The van der Waals surface area contributed by atoms with Crippen LogP contribution in [0.1, 0.15) is 0 Å². The quantitative estimate of drug-likeness (QED) is 0.434. The minimum absolute atomic E-state index is 0. The van der Waals surface area contributed by atoms with Gasteiger partial charge in [-0.05, 0) is 6.08 Å². The number of nitrogens with zero attached hydrogens (tertiary/aromatic N) is 1. The van der Waals surface area contributed by atoms with Crippen molar-refractivity contribution in [3.8, 4) is 0 Å². The van der Waals surface area contributed by atoms with E-state index in [9.17, 15) is 4.79 Å². The fourth-order valence-electron chi connectivity index (χ4n) is 0.458. The first kappa shape index (κ1) is 8.13. The van der Waals surface area contributed by atoms with Gasteiger partial charge in [0, 0.05) is 0 Å². The van der Waals surface area contributed by atoms with Gasteiger partial charge < -0.3 is 5.48 Å². The van der Waals surface area contributed by atoms with E-state index >= 15 is 0 Å². The monoisotopic (exact) mass is 131 g/mol. The summed E-state index contributed by atoms with van der Waals surface area (Å²) in [5.41, 5.74) is 0. The highest BCUT2D eigenvalue weighted by Gasteiger charge is 2.18. The highest BCUT2D eigenvalue weighted by Crippen LogP contribution is 2.01. The molecule has 0 spiro atoms. The summed E-state index contributed by atoms with van der Waals surface area (Å²) in [6.07, 6.45) is 1.24. The molecule has 9 heavy (non-hydrogen) atoms. The second-order valence-electron chi connectivity index (χ2n) is 1.48. The number of rotatable bonds is 1. The van der Waals surface area contributed by atoms with E-state index in [1.807, 2.05) is 0 Å². The number of amides is 1. The summed E-state index contributed by atoms with van der Waals surface area (Å²) in [6, 6.07) is 0. The van der Waals surface area contributed by atoms with Gasteiger partial charge in [-0.15, -0.1) is 0 Å². The first-order valence-electron chi connectivity index (χ1n) is 2.41. The molecule has 0 aliphatic carbocycles. The molecule has 4 heteroatoms. The lowest BCUT2D eigenvalue weighted by Gasteiger charge is -2.28. The zero-order valence-corrected chi connectivity index (χ0v) is 4.96. The van der Waals surface area contributed by atoms with E-state index in [0.29, 0.717) is 13.2 Å². The first-order valence-corrected chi connectivity index (χ1v) is 2.41. The molecule has 1 aliphatic heterocycles. The average Bonchev–Trinajstić information content (AvgIpc) is 1.62. The van der Waals surface area contributed by atoms with E-state index in [1.165, 1.54) is 11.1 Å². The summed E-state index contributed by atoms with van der Waals surface area (Å²) in [7, 11) is 0. The van der Waals surface area contributed by atoms with Gasteiger partial charge in [-0.2, -0.15) is 0 Å². The van der Waals surface area contributed by atoms with E-state index in [2.05, 4.69) is 6.58 Å². The molecular formula is C5H9NO3. The van der Waals surface area contributed by atoms with Crippen molar-refractivity contribution in [1.82, 2.24) is 5.06 Å².